The van der Waals surface area contributed by atoms with Gasteiger partial charge in [0.05, 0.1) is 0 Å². The Morgan fingerprint density at radius 2 is 1.55 bits per heavy atom. The van der Waals surface area contributed by atoms with E-state index in [1.807, 2.05) is 18.2 Å². The minimum absolute atomic E-state index is 0.626. The van der Waals surface area contributed by atoms with Crippen molar-refractivity contribution in [2.24, 2.45) is 0 Å². The number of benzene rings is 2. The van der Waals surface area contributed by atoms with E-state index in [0.717, 1.165) is 5.75 Å². The highest BCUT2D eigenvalue weighted by molar-refractivity contribution is 5.54. The Morgan fingerprint density at radius 3 is 2.25 bits per heavy atom. The van der Waals surface area contributed by atoms with Crippen LogP contribution in [0.15, 0.2) is 60.2 Å². The van der Waals surface area contributed by atoms with Crippen molar-refractivity contribution in [1.82, 2.24) is 0 Å². The molecule has 0 aliphatic heterocycles. The lowest BCUT2D eigenvalue weighted by molar-refractivity contribution is 0.306. The van der Waals surface area contributed by atoms with Gasteiger partial charge in [0.2, 0.25) is 0 Å². The summed E-state index contributed by atoms with van der Waals surface area (Å²) in [6.45, 7) is 0.626. The molecule has 1 saturated carbocycles. The van der Waals surface area contributed by atoms with Crippen molar-refractivity contribution >= 4 is 6.08 Å². The molecule has 0 unspecified atom stereocenters. The van der Waals surface area contributed by atoms with Gasteiger partial charge in [0, 0.05) is 0 Å². The third-order valence-electron chi connectivity index (χ3n) is 3.74. The van der Waals surface area contributed by atoms with Gasteiger partial charge < -0.3 is 4.74 Å². The van der Waals surface area contributed by atoms with E-state index in [2.05, 4.69) is 42.5 Å². The summed E-state index contributed by atoms with van der Waals surface area (Å²) in [5.41, 5.74) is 4.07. The van der Waals surface area contributed by atoms with Crippen LogP contribution in [0.5, 0.6) is 5.75 Å². The molecule has 0 atom stereocenters. The molecule has 3 rings (SSSR count). The van der Waals surface area contributed by atoms with Crippen LogP contribution in [0.1, 0.15) is 36.8 Å². The van der Waals surface area contributed by atoms with Crippen molar-refractivity contribution in [2.75, 3.05) is 0 Å². The lowest BCUT2D eigenvalue weighted by atomic mass is 10.1. The molecule has 1 fully saturated rings. The molecule has 0 heterocycles. The van der Waals surface area contributed by atoms with E-state index in [4.69, 9.17) is 4.74 Å². The Balaban J connectivity index is 1.60. The van der Waals surface area contributed by atoms with Gasteiger partial charge >= 0.3 is 0 Å². The first kappa shape index (κ1) is 13.0. The van der Waals surface area contributed by atoms with Gasteiger partial charge in [-0.05, 0) is 48.9 Å². The van der Waals surface area contributed by atoms with Gasteiger partial charge in [0.15, 0.2) is 0 Å². The van der Waals surface area contributed by atoms with Gasteiger partial charge in [-0.2, -0.15) is 0 Å². The Labute approximate surface area is 120 Å². The fourth-order valence-corrected chi connectivity index (χ4v) is 2.61. The van der Waals surface area contributed by atoms with Crippen molar-refractivity contribution in [3.8, 4) is 5.75 Å². The zero-order chi connectivity index (χ0) is 13.6. The van der Waals surface area contributed by atoms with E-state index in [0.29, 0.717) is 6.61 Å². The zero-order valence-corrected chi connectivity index (χ0v) is 11.7. The van der Waals surface area contributed by atoms with Gasteiger partial charge in [-0.25, -0.2) is 0 Å². The molecule has 2 aromatic carbocycles. The van der Waals surface area contributed by atoms with Crippen LogP contribution >= 0.6 is 0 Å². The molecule has 1 heteroatoms. The van der Waals surface area contributed by atoms with Crippen LogP contribution < -0.4 is 4.74 Å². The lowest BCUT2D eigenvalue weighted by Crippen LogP contribution is -1.94. The van der Waals surface area contributed by atoms with Gasteiger partial charge in [0.1, 0.15) is 12.4 Å². The van der Waals surface area contributed by atoms with E-state index in [9.17, 15) is 0 Å². The number of hydrogen-bond donors (Lipinski definition) is 0. The van der Waals surface area contributed by atoms with Crippen LogP contribution in [0.4, 0.5) is 0 Å². The zero-order valence-electron chi connectivity index (χ0n) is 11.7. The molecule has 0 radical (unpaired) electrons. The fraction of sp³-hybridized carbons (Fsp3) is 0.263. The van der Waals surface area contributed by atoms with E-state index in [1.54, 1.807) is 5.57 Å². The average Bonchev–Trinajstić information content (AvgIpc) is 3.01. The highest BCUT2D eigenvalue weighted by Crippen LogP contribution is 2.26. The SMILES string of the molecule is C(=C1CCCC1)c1ccc(OCc2ccccc2)cc1. The third-order valence-corrected chi connectivity index (χ3v) is 3.74. The van der Waals surface area contributed by atoms with Crippen LogP contribution in [0.25, 0.3) is 6.08 Å². The van der Waals surface area contributed by atoms with Crippen molar-refractivity contribution in [3.63, 3.8) is 0 Å². The molecule has 0 spiro atoms. The maximum atomic E-state index is 5.80. The molecule has 0 N–H and O–H groups in total. The largest absolute Gasteiger partial charge is 0.489 e. The van der Waals surface area contributed by atoms with E-state index >= 15 is 0 Å². The van der Waals surface area contributed by atoms with Crippen molar-refractivity contribution < 1.29 is 4.74 Å². The molecule has 0 saturated heterocycles. The molecule has 1 aliphatic carbocycles. The van der Waals surface area contributed by atoms with Gasteiger partial charge in [-0.1, -0.05) is 54.1 Å². The smallest absolute Gasteiger partial charge is 0.119 e. The normalized spacial score (nSPS) is 14.3. The summed E-state index contributed by atoms with van der Waals surface area (Å²) in [6, 6.07) is 18.7. The highest BCUT2D eigenvalue weighted by atomic mass is 16.5. The molecule has 1 aliphatic rings. The fourth-order valence-electron chi connectivity index (χ4n) is 2.61. The van der Waals surface area contributed by atoms with Crippen molar-refractivity contribution in [1.29, 1.82) is 0 Å². The standard InChI is InChI=1S/C19H20O/c1-2-8-18(9-3-1)15-20-19-12-10-17(11-13-19)14-16-6-4-5-7-16/h1-3,8-14H,4-7,15H2. The molecule has 20 heavy (non-hydrogen) atoms. The minimum atomic E-state index is 0.626. The van der Waals surface area contributed by atoms with E-state index in [-0.39, 0.29) is 0 Å². The number of allylic oxidation sites excluding steroid dienone is 1. The average molecular weight is 264 g/mol. The number of hydrogen-bond acceptors (Lipinski definition) is 1. The van der Waals surface area contributed by atoms with Gasteiger partial charge in [-0.15, -0.1) is 0 Å². The number of ether oxygens (including phenoxy) is 1. The van der Waals surface area contributed by atoms with Crippen LogP contribution in [-0.4, -0.2) is 0 Å². The summed E-state index contributed by atoms with van der Waals surface area (Å²) < 4.78 is 5.80. The second-order valence-electron chi connectivity index (χ2n) is 5.35. The lowest BCUT2D eigenvalue weighted by Gasteiger charge is -2.06. The summed E-state index contributed by atoms with van der Waals surface area (Å²) in [5.74, 6) is 0.933. The third kappa shape index (κ3) is 3.51. The van der Waals surface area contributed by atoms with Crippen LogP contribution in [0, 0.1) is 0 Å². The summed E-state index contributed by atoms with van der Waals surface area (Å²) in [4.78, 5) is 0. The molecule has 102 valence electrons. The summed E-state index contributed by atoms with van der Waals surface area (Å²) in [6.07, 6.45) is 7.57. The Hall–Kier alpha value is -2.02. The maximum absolute atomic E-state index is 5.80. The van der Waals surface area contributed by atoms with Crippen LogP contribution in [0.3, 0.4) is 0 Å². The molecular formula is C19H20O. The molecule has 2 aromatic rings. The Kier molecular flexibility index (Phi) is 4.17. The highest BCUT2D eigenvalue weighted by Gasteiger charge is 2.06. The second kappa shape index (κ2) is 6.42. The monoisotopic (exact) mass is 264 g/mol. The first-order chi connectivity index (χ1) is 9.90. The summed E-state index contributed by atoms with van der Waals surface area (Å²) in [7, 11) is 0. The second-order valence-corrected chi connectivity index (χ2v) is 5.35. The minimum Gasteiger partial charge on any atom is -0.489 e. The topological polar surface area (TPSA) is 9.23 Å². The number of rotatable bonds is 4. The molecule has 1 nitrogen and oxygen atoms in total. The van der Waals surface area contributed by atoms with Gasteiger partial charge in [-0.3, -0.25) is 0 Å². The van der Waals surface area contributed by atoms with E-state index in [1.165, 1.54) is 36.8 Å². The van der Waals surface area contributed by atoms with Gasteiger partial charge in [0.25, 0.3) is 0 Å². The predicted molar refractivity (Wildman–Crippen MR) is 83.7 cm³/mol. The predicted octanol–water partition coefficient (Wildman–Crippen LogP) is 5.22. The Morgan fingerprint density at radius 1 is 0.850 bits per heavy atom. The van der Waals surface area contributed by atoms with Crippen LogP contribution in [0.2, 0.25) is 0 Å². The first-order valence-electron chi connectivity index (χ1n) is 7.36. The van der Waals surface area contributed by atoms with Crippen LogP contribution in [-0.2, 0) is 6.61 Å². The summed E-state index contributed by atoms with van der Waals surface area (Å²) in [5, 5.41) is 0. The molecule has 0 bridgehead atoms. The molecule has 0 amide bonds. The summed E-state index contributed by atoms with van der Waals surface area (Å²) >= 11 is 0. The van der Waals surface area contributed by atoms with E-state index < -0.39 is 0 Å². The quantitative estimate of drug-likeness (QED) is 0.735. The molecule has 0 aromatic heterocycles. The Bertz CT molecular complexity index is 558. The van der Waals surface area contributed by atoms with Crippen molar-refractivity contribution in [3.05, 3.63) is 71.3 Å². The van der Waals surface area contributed by atoms with Crippen molar-refractivity contribution in [2.45, 2.75) is 32.3 Å². The molecular weight excluding hydrogens is 244 g/mol. The maximum Gasteiger partial charge on any atom is 0.119 e. The first-order valence-corrected chi connectivity index (χ1v) is 7.36.